The first-order valence-corrected chi connectivity index (χ1v) is 5.07. The van der Waals surface area contributed by atoms with E-state index in [0.717, 1.165) is 0 Å². The Labute approximate surface area is 73.0 Å². The summed E-state index contributed by atoms with van der Waals surface area (Å²) in [6.45, 7) is 4.64. The van der Waals surface area contributed by atoms with E-state index < -0.39 is 15.1 Å². The van der Waals surface area contributed by atoms with Gasteiger partial charge in [0, 0.05) is 6.42 Å². The molecule has 0 bridgehead atoms. The second kappa shape index (κ2) is 3.91. The molecule has 0 saturated heterocycles. The summed E-state index contributed by atoms with van der Waals surface area (Å²) in [5.74, 6) is 0. The number of ether oxygens (including phenoxy) is 1. The van der Waals surface area contributed by atoms with Gasteiger partial charge in [0.25, 0.3) is 0 Å². The Kier molecular flexibility index (Phi) is 3.73. The second-order valence-corrected chi connectivity index (χ2v) is 4.36. The van der Waals surface area contributed by atoms with Gasteiger partial charge in [-0.1, -0.05) is 13.0 Å². The Hall–Kier alpha value is -0.550. The normalized spacial score (nSPS) is 17.7. The van der Waals surface area contributed by atoms with Crippen LogP contribution in [0.1, 0.15) is 27.2 Å². The van der Waals surface area contributed by atoms with Crippen molar-refractivity contribution in [3.05, 3.63) is 12.3 Å². The van der Waals surface area contributed by atoms with Crippen molar-refractivity contribution in [3.8, 4) is 0 Å². The molecule has 0 fully saturated rings. The highest BCUT2D eigenvalue weighted by Crippen LogP contribution is 2.21. The van der Waals surface area contributed by atoms with Crippen LogP contribution in [-0.2, 0) is 14.9 Å². The Morgan fingerprint density at radius 2 is 2.08 bits per heavy atom. The molecular weight excluding hydrogens is 180 g/mol. The molecule has 0 aromatic heterocycles. The van der Waals surface area contributed by atoms with Crippen molar-refractivity contribution in [2.75, 3.05) is 0 Å². The van der Waals surface area contributed by atoms with Gasteiger partial charge in [-0.05, 0) is 13.8 Å². The SMILES string of the molecule is CC=COC(C)(CC)S(=O)(=O)O. The van der Waals surface area contributed by atoms with Crippen LogP contribution in [0.4, 0.5) is 0 Å². The fourth-order valence-corrected chi connectivity index (χ4v) is 1.08. The van der Waals surface area contributed by atoms with Crippen molar-refractivity contribution in [2.45, 2.75) is 32.1 Å². The molecule has 0 radical (unpaired) electrons. The summed E-state index contributed by atoms with van der Waals surface area (Å²) in [7, 11) is -4.16. The Morgan fingerprint density at radius 1 is 1.58 bits per heavy atom. The Balaban J connectivity index is 4.69. The van der Waals surface area contributed by atoms with Gasteiger partial charge in [0.05, 0.1) is 6.26 Å². The van der Waals surface area contributed by atoms with Crippen molar-refractivity contribution in [3.63, 3.8) is 0 Å². The van der Waals surface area contributed by atoms with E-state index in [9.17, 15) is 8.42 Å². The largest absolute Gasteiger partial charge is 0.477 e. The van der Waals surface area contributed by atoms with Crippen LogP contribution in [0.15, 0.2) is 12.3 Å². The fraction of sp³-hybridized carbons (Fsp3) is 0.714. The van der Waals surface area contributed by atoms with Crippen molar-refractivity contribution < 1.29 is 17.7 Å². The number of rotatable bonds is 4. The summed E-state index contributed by atoms with van der Waals surface area (Å²) in [5.41, 5.74) is 0. The van der Waals surface area contributed by atoms with Gasteiger partial charge in [0.2, 0.25) is 4.93 Å². The molecule has 0 aliphatic carbocycles. The zero-order valence-corrected chi connectivity index (χ0v) is 8.26. The first-order valence-electron chi connectivity index (χ1n) is 3.63. The molecule has 1 unspecified atom stereocenters. The molecule has 0 aromatic carbocycles. The molecule has 5 heteroatoms. The molecule has 0 aliphatic heterocycles. The topological polar surface area (TPSA) is 63.6 Å². The number of hydrogen-bond acceptors (Lipinski definition) is 3. The molecule has 0 spiro atoms. The third-order valence-corrected chi connectivity index (χ3v) is 3.12. The smallest absolute Gasteiger partial charge is 0.306 e. The Morgan fingerprint density at radius 3 is 2.33 bits per heavy atom. The molecule has 1 atom stereocenters. The summed E-state index contributed by atoms with van der Waals surface area (Å²) in [6.07, 6.45) is 2.99. The predicted octanol–water partition coefficient (Wildman–Crippen LogP) is 1.55. The first kappa shape index (κ1) is 11.4. The molecule has 0 rings (SSSR count). The van der Waals surface area contributed by atoms with Gasteiger partial charge in [-0.2, -0.15) is 8.42 Å². The van der Waals surface area contributed by atoms with Crippen LogP contribution in [0.2, 0.25) is 0 Å². The van der Waals surface area contributed by atoms with Gasteiger partial charge < -0.3 is 4.74 Å². The van der Waals surface area contributed by atoms with Gasteiger partial charge >= 0.3 is 10.1 Å². The zero-order chi connectivity index (χ0) is 9.83. The fourth-order valence-electron chi connectivity index (χ4n) is 0.539. The second-order valence-electron chi connectivity index (χ2n) is 2.55. The van der Waals surface area contributed by atoms with Gasteiger partial charge in [-0.3, -0.25) is 4.55 Å². The number of hydrogen-bond donors (Lipinski definition) is 1. The van der Waals surface area contributed by atoms with Crippen LogP contribution < -0.4 is 0 Å². The maximum atomic E-state index is 10.8. The summed E-state index contributed by atoms with van der Waals surface area (Å²) >= 11 is 0. The standard InChI is InChI=1S/C7H14O4S/c1-4-6-11-7(3,5-2)12(8,9)10/h4,6H,5H2,1-3H3,(H,8,9,10). The maximum absolute atomic E-state index is 10.8. The van der Waals surface area contributed by atoms with Gasteiger partial charge in [0.15, 0.2) is 0 Å². The van der Waals surface area contributed by atoms with E-state index >= 15 is 0 Å². The van der Waals surface area contributed by atoms with Gasteiger partial charge in [0.1, 0.15) is 0 Å². The van der Waals surface area contributed by atoms with Crippen molar-refractivity contribution >= 4 is 10.1 Å². The molecule has 1 N–H and O–H groups in total. The minimum Gasteiger partial charge on any atom is -0.477 e. The van der Waals surface area contributed by atoms with E-state index in [1.165, 1.54) is 13.2 Å². The van der Waals surface area contributed by atoms with Crippen molar-refractivity contribution in [1.29, 1.82) is 0 Å². The third-order valence-electron chi connectivity index (χ3n) is 1.64. The molecule has 0 amide bonds. The first-order chi connectivity index (χ1) is 5.37. The molecular formula is C7H14O4S. The van der Waals surface area contributed by atoms with Crippen molar-refractivity contribution in [1.82, 2.24) is 0 Å². The molecule has 0 aliphatic rings. The summed E-state index contributed by atoms with van der Waals surface area (Å²) in [6, 6.07) is 0. The monoisotopic (exact) mass is 194 g/mol. The molecule has 72 valence electrons. The van der Waals surface area contributed by atoms with Crippen LogP contribution in [0.25, 0.3) is 0 Å². The zero-order valence-electron chi connectivity index (χ0n) is 7.44. The molecule has 4 nitrogen and oxygen atoms in total. The lowest BCUT2D eigenvalue weighted by molar-refractivity contribution is 0.103. The predicted molar refractivity (Wildman–Crippen MR) is 46.1 cm³/mol. The average Bonchev–Trinajstić information content (AvgIpc) is 1.98. The van der Waals surface area contributed by atoms with E-state index in [1.54, 1.807) is 19.9 Å². The molecule has 0 heterocycles. The van der Waals surface area contributed by atoms with Gasteiger partial charge in [-0.15, -0.1) is 0 Å². The summed E-state index contributed by atoms with van der Waals surface area (Å²) < 4.78 is 35.2. The van der Waals surface area contributed by atoms with Gasteiger partial charge in [-0.25, -0.2) is 0 Å². The highest BCUT2D eigenvalue weighted by molar-refractivity contribution is 7.87. The Bertz CT molecular complexity index is 255. The summed E-state index contributed by atoms with van der Waals surface area (Å²) in [4.78, 5) is -1.53. The lowest BCUT2D eigenvalue weighted by atomic mass is 10.3. The third kappa shape index (κ3) is 2.49. The number of allylic oxidation sites excluding steroid dienone is 1. The van der Waals surface area contributed by atoms with E-state index in [1.807, 2.05) is 0 Å². The van der Waals surface area contributed by atoms with E-state index in [4.69, 9.17) is 9.29 Å². The highest BCUT2D eigenvalue weighted by atomic mass is 32.2. The average molecular weight is 194 g/mol. The highest BCUT2D eigenvalue weighted by Gasteiger charge is 2.37. The molecule has 0 saturated carbocycles. The van der Waals surface area contributed by atoms with Crippen LogP contribution in [-0.4, -0.2) is 17.9 Å². The van der Waals surface area contributed by atoms with Crippen LogP contribution in [0.3, 0.4) is 0 Å². The van der Waals surface area contributed by atoms with E-state index in [-0.39, 0.29) is 6.42 Å². The van der Waals surface area contributed by atoms with Crippen LogP contribution in [0.5, 0.6) is 0 Å². The van der Waals surface area contributed by atoms with Crippen molar-refractivity contribution in [2.24, 2.45) is 0 Å². The van der Waals surface area contributed by atoms with E-state index in [2.05, 4.69) is 0 Å². The minimum absolute atomic E-state index is 0.191. The lowest BCUT2D eigenvalue weighted by Crippen LogP contribution is -2.35. The maximum Gasteiger partial charge on any atom is 0.306 e. The molecule has 12 heavy (non-hydrogen) atoms. The minimum atomic E-state index is -4.16. The van der Waals surface area contributed by atoms with Crippen LogP contribution in [0, 0.1) is 0 Å². The lowest BCUT2D eigenvalue weighted by Gasteiger charge is -2.23. The summed E-state index contributed by atoms with van der Waals surface area (Å²) in [5, 5.41) is 0. The molecule has 0 aromatic rings. The van der Waals surface area contributed by atoms with Crippen LogP contribution >= 0.6 is 0 Å². The van der Waals surface area contributed by atoms with E-state index in [0.29, 0.717) is 0 Å². The quantitative estimate of drug-likeness (QED) is 0.544.